The number of carbonyl (C=O) groups is 3. The summed E-state index contributed by atoms with van der Waals surface area (Å²) in [6.07, 6.45) is 1.41. The largest absolute Gasteiger partial charge is 0.343 e. The minimum Gasteiger partial charge on any atom is -0.343 e. The van der Waals surface area contributed by atoms with E-state index in [1.54, 1.807) is 29.2 Å². The van der Waals surface area contributed by atoms with Gasteiger partial charge in [-0.15, -0.1) is 11.3 Å². The van der Waals surface area contributed by atoms with Crippen LogP contribution >= 0.6 is 11.3 Å². The van der Waals surface area contributed by atoms with Crippen molar-refractivity contribution in [2.45, 2.75) is 33.6 Å². The molecule has 170 valence electrons. The van der Waals surface area contributed by atoms with Crippen molar-refractivity contribution in [3.63, 3.8) is 0 Å². The second kappa shape index (κ2) is 9.54. The summed E-state index contributed by atoms with van der Waals surface area (Å²) in [5, 5.41) is 7.77. The summed E-state index contributed by atoms with van der Waals surface area (Å²) in [7, 11) is 0. The smallest absolute Gasteiger partial charge is 0.251 e. The lowest BCUT2D eigenvalue weighted by Gasteiger charge is -2.15. The Morgan fingerprint density at radius 3 is 2.48 bits per heavy atom. The van der Waals surface area contributed by atoms with Gasteiger partial charge in [-0.3, -0.25) is 14.4 Å². The number of aromatic nitrogens is 1. The summed E-state index contributed by atoms with van der Waals surface area (Å²) >= 11 is 1.35. The van der Waals surface area contributed by atoms with Crippen LogP contribution in [0.25, 0.3) is 11.3 Å². The molecule has 1 saturated heterocycles. The standard InChI is InChI=1S/C25H26N4O3S/c1-15-11-17(3)20(12-16(15)2)21-14-33-25(27-21)28-22(30)13-26-24(32)18-6-8-19(9-7-18)29-10-4-5-23(29)31/h6-9,11-12,14H,4-5,10,13H2,1-3H3,(H,26,32)(H,27,28,30). The number of hydrogen-bond acceptors (Lipinski definition) is 5. The predicted molar refractivity (Wildman–Crippen MR) is 131 cm³/mol. The van der Waals surface area contributed by atoms with Crippen LogP contribution in [-0.4, -0.2) is 35.8 Å². The second-order valence-electron chi connectivity index (χ2n) is 8.22. The highest BCUT2D eigenvalue weighted by Gasteiger charge is 2.21. The van der Waals surface area contributed by atoms with Crippen molar-refractivity contribution in [2.75, 3.05) is 23.3 Å². The number of thiazole rings is 1. The number of nitrogens with one attached hydrogen (secondary N) is 2. The van der Waals surface area contributed by atoms with Crippen molar-refractivity contribution in [1.29, 1.82) is 0 Å². The topological polar surface area (TPSA) is 91.4 Å². The maximum absolute atomic E-state index is 12.4. The fraction of sp³-hybridized carbons (Fsp3) is 0.280. The molecule has 0 unspecified atom stereocenters. The van der Waals surface area contributed by atoms with Crippen LogP contribution in [0.15, 0.2) is 41.8 Å². The van der Waals surface area contributed by atoms with Crippen molar-refractivity contribution >= 4 is 39.9 Å². The molecule has 33 heavy (non-hydrogen) atoms. The molecule has 7 nitrogen and oxygen atoms in total. The van der Waals surface area contributed by atoms with E-state index in [0.29, 0.717) is 23.7 Å². The molecule has 0 radical (unpaired) electrons. The molecular formula is C25H26N4O3S. The van der Waals surface area contributed by atoms with E-state index >= 15 is 0 Å². The van der Waals surface area contributed by atoms with E-state index in [2.05, 4.69) is 41.6 Å². The Labute approximate surface area is 196 Å². The molecule has 0 aliphatic carbocycles. The monoisotopic (exact) mass is 462 g/mol. The lowest BCUT2D eigenvalue weighted by atomic mass is 9.99. The van der Waals surface area contributed by atoms with E-state index in [-0.39, 0.29) is 24.3 Å². The van der Waals surface area contributed by atoms with Gasteiger partial charge in [-0.25, -0.2) is 4.98 Å². The quantitative estimate of drug-likeness (QED) is 0.574. The second-order valence-corrected chi connectivity index (χ2v) is 9.07. The van der Waals surface area contributed by atoms with Crippen LogP contribution < -0.4 is 15.5 Å². The molecule has 2 N–H and O–H groups in total. The highest BCUT2D eigenvalue weighted by molar-refractivity contribution is 7.14. The Balaban J connectivity index is 1.32. The van der Waals surface area contributed by atoms with Gasteiger partial charge in [0.05, 0.1) is 12.2 Å². The summed E-state index contributed by atoms with van der Waals surface area (Å²) in [5.74, 6) is -0.600. The number of carbonyl (C=O) groups excluding carboxylic acids is 3. The summed E-state index contributed by atoms with van der Waals surface area (Å²) in [4.78, 5) is 42.8. The highest BCUT2D eigenvalue weighted by Crippen LogP contribution is 2.29. The van der Waals surface area contributed by atoms with E-state index in [0.717, 1.165) is 28.9 Å². The van der Waals surface area contributed by atoms with Crippen molar-refractivity contribution in [1.82, 2.24) is 10.3 Å². The minimum atomic E-state index is -0.352. The van der Waals surface area contributed by atoms with E-state index in [4.69, 9.17) is 0 Å². The van der Waals surface area contributed by atoms with Crippen molar-refractivity contribution in [3.05, 3.63) is 64.0 Å². The minimum absolute atomic E-state index is 0.0990. The molecule has 2 aromatic carbocycles. The van der Waals surface area contributed by atoms with Gasteiger partial charge in [-0.1, -0.05) is 6.07 Å². The molecule has 1 aliphatic rings. The van der Waals surface area contributed by atoms with Crippen LogP contribution in [-0.2, 0) is 9.59 Å². The molecule has 4 rings (SSSR count). The van der Waals surface area contributed by atoms with E-state index < -0.39 is 0 Å². The van der Waals surface area contributed by atoms with Crippen LogP contribution in [0.3, 0.4) is 0 Å². The Bertz CT molecular complexity index is 1220. The third kappa shape index (κ3) is 5.12. The Morgan fingerprint density at radius 2 is 1.79 bits per heavy atom. The Kier molecular flexibility index (Phi) is 6.55. The van der Waals surface area contributed by atoms with Gasteiger partial charge >= 0.3 is 0 Å². The summed E-state index contributed by atoms with van der Waals surface area (Å²) in [5.41, 5.74) is 6.63. The zero-order chi connectivity index (χ0) is 23.5. The summed E-state index contributed by atoms with van der Waals surface area (Å²) in [6.45, 7) is 6.73. The number of rotatable bonds is 6. The first-order valence-electron chi connectivity index (χ1n) is 10.8. The molecule has 0 spiro atoms. The molecule has 0 bridgehead atoms. The van der Waals surface area contributed by atoms with Crippen LogP contribution in [0.5, 0.6) is 0 Å². The molecule has 2 heterocycles. The van der Waals surface area contributed by atoms with Gasteiger partial charge in [0, 0.05) is 35.2 Å². The van der Waals surface area contributed by atoms with Gasteiger partial charge in [-0.2, -0.15) is 0 Å². The van der Waals surface area contributed by atoms with Gasteiger partial charge in [0.1, 0.15) is 0 Å². The zero-order valence-electron chi connectivity index (χ0n) is 18.9. The van der Waals surface area contributed by atoms with Gasteiger partial charge in [0.15, 0.2) is 5.13 Å². The average molecular weight is 463 g/mol. The molecule has 8 heteroatoms. The number of anilines is 2. The van der Waals surface area contributed by atoms with Crippen LogP contribution in [0.1, 0.15) is 39.9 Å². The first kappa shape index (κ1) is 22.7. The third-order valence-corrected chi connectivity index (χ3v) is 6.55. The van der Waals surface area contributed by atoms with Gasteiger partial charge in [0.25, 0.3) is 5.91 Å². The summed E-state index contributed by atoms with van der Waals surface area (Å²) in [6, 6.07) is 11.1. The lowest BCUT2D eigenvalue weighted by molar-refractivity contribution is -0.117. The van der Waals surface area contributed by atoms with E-state index in [1.165, 1.54) is 22.5 Å². The fourth-order valence-electron chi connectivity index (χ4n) is 3.83. The predicted octanol–water partition coefficient (Wildman–Crippen LogP) is 4.23. The number of hydrogen-bond donors (Lipinski definition) is 2. The van der Waals surface area contributed by atoms with Gasteiger partial charge < -0.3 is 15.5 Å². The van der Waals surface area contributed by atoms with Gasteiger partial charge in [-0.05, 0) is 74.2 Å². The molecular weight excluding hydrogens is 436 g/mol. The highest BCUT2D eigenvalue weighted by atomic mass is 32.1. The number of aryl methyl sites for hydroxylation is 3. The van der Waals surface area contributed by atoms with Crippen molar-refractivity contribution in [3.8, 4) is 11.3 Å². The van der Waals surface area contributed by atoms with Gasteiger partial charge in [0.2, 0.25) is 11.8 Å². The molecule has 3 amide bonds. The Hall–Kier alpha value is -3.52. The average Bonchev–Trinajstić information content (AvgIpc) is 3.43. The maximum atomic E-state index is 12.4. The van der Waals surface area contributed by atoms with E-state index in [1.807, 2.05) is 12.3 Å². The van der Waals surface area contributed by atoms with Crippen molar-refractivity contribution in [2.24, 2.45) is 0 Å². The zero-order valence-corrected chi connectivity index (χ0v) is 19.7. The fourth-order valence-corrected chi connectivity index (χ4v) is 4.56. The first-order chi connectivity index (χ1) is 15.8. The van der Waals surface area contributed by atoms with Crippen molar-refractivity contribution < 1.29 is 14.4 Å². The Morgan fingerprint density at radius 1 is 1.06 bits per heavy atom. The summed E-state index contributed by atoms with van der Waals surface area (Å²) < 4.78 is 0. The van der Waals surface area contributed by atoms with Crippen LogP contribution in [0, 0.1) is 20.8 Å². The van der Waals surface area contributed by atoms with Crippen LogP contribution in [0.4, 0.5) is 10.8 Å². The molecule has 3 aromatic rings. The normalized spacial score (nSPS) is 13.3. The van der Waals surface area contributed by atoms with E-state index in [9.17, 15) is 14.4 Å². The first-order valence-corrected chi connectivity index (χ1v) is 11.7. The molecule has 0 saturated carbocycles. The molecule has 0 atom stereocenters. The third-order valence-electron chi connectivity index (χ3n) is 5.79. The molecule has 1 aliphatic heterocycles. The number of amides is 3. The van der Waals surface area contributed by atoms with Crippen LogP contribution in [0.2, 0.25) is 0 Å². The maximum Gasteiger partial charge on any atom is 0.251 e. The number of benzene rings is 2. The number of nitrogens with zero attached hydrogens (tertiary/aromatic N) is 2. The molecule has 1 fully saturated rings. The molecule has 1 aromatic heterocycles. The SMILES string of the molecule is Cc1cc(C)c(-c2csc(NC(=O)CNC(=O)c3ccc(N4CCCC4=O)cc3)n2)cc1C. The lowest BCUT2D eigenvalue weighted by Crippen LogP contribution is -2.32.